The lowest BCUT2D eigenvalue weighted by Crippen LogP contribution is -2.00. The summed E-state index contributed by atoms with van der Waals surface area (Å²) in [6.07, 6.45) is 0. The van der Waals surface area contributed by atoms with Gasteiger partial charge >= 0.3 is 0 Å². The minimum Gasteiger partial charge on any atom is -0.363 e. The van der Waals surface area contributed by atoms with E-state index >= 15 is 0 Å². The molecule has 0 N–H and O–H groups in total. The molecule has 42 valence electrons. The fourth-order valence-electron chi connectivity index (χ4n) is 0.179. The van der Waals surface area contributed by atoms with Crippen molar-refractivity contribution in [2.75, 3.05) is 6.61 Å². The lowest BCUT2D eigenvalue weighted by molar-refractivity contribution is 0.166. The van der Waals surface area contributed by atoms with Crippen molar-refractivity contribution in [3.63, 3.8) is 0 Å². The van der Waals surface area contributed by atoms with Crippen LogP contribution in [0.3, 0.4) is 0 Å². The predicted octanol–water partition coefficient (Wildman–Crippen LogP) is 1.28. The van der Waals surface area contributed by atoms with E-state index in [1.807, 2.05) is 6.92 Å². The maximum absolute atomic E-state index is 4.90. The molecule has 0 aromatic carbocycles. The average Bonchev–Trinajstić information content (AvgIpc) is 1.61. The van der Waals surface area contributed by atoms with E-state index in [4.69, 9.17) is 4.74 Å². The highest BCUT2D eigenvalue weighted by atomic mass is 32.1. The number of hydrogen-bond acceptors (Lipinski definition) is 3. The van der Waals surface area contributed by atoms with Crippen LogP contribution in [0.5, 0.6) is 0 Å². The second kappa shape index (κ2) is 4.56. The Hall–Kier alpha value is 0.400. The standard InChI is InChI=1S/C4H8OS2/c1-4(7)5-2-3-6/h3-4,7H,2H2,1H3. The summed E-state index contributed by atoms with van der Waals surface area (Å²) >= 11 is 8.43. The maximum atomic E-state index is 4.90. The van der Waals surface area contributed by atoms with Crippen molar-refractivity contribution in [1.82, 2.24) is 0 Å². The van der Waals surface area contributed by atoms with Gasteiger partial charge in [-0.1, -0.05) is 12.2 Å². The summed E-state index contributed by atoms with van der Waals surface area (Å²) in [6, 6.07) is 0. The zero-order chi connectivity index (χ0) is 5.70. The summed E-state index contributed by atoms with van der Waals surface area (Å²) in [5.74, 6) is 0. The molecule has 1 nitrogen and oxygen atoms in total. The molecule has 0 heterocycles. The molecule has 0 radical (unpaired) electrons. The first-order valence-electron chi connectivity index (χ1n) is 2.00. The van der Waals surface area contributed by atoms with E-state index in [2.05, 4.69) is 24.8 Å². The highest BCUT2D eigenvalue weighted by Gasteiger charge is 1.86. The van der Waals surface area contributed by atoms with Crippen LogP contribution in [-0.2, 0) is 4.74 Å². The van der Waals surface area contributed by atoms with Gasteiger partial charge in [-0.05, 0) is 6.92 Å². The second-order valence-electron chi connectivity index (χ2n) is 1.10. The van der Waals surface area contributed by atoms with Crippen molar-refractivity contribution in [3.05, 3.63) is 0 Å². The number of thiocarbonyl (C=S) groups is 1. The fourth-order valence-corrected chi connectivity index (χ4v) is 0.343. The Labute approximate surface area is 54.5 Å². The van der Waals surface area contributed by atoms with Gasteiger partial charge < -0.3 is 4.74 Å². The first-order chi connectivity index (χ1) is 3.27. The first-order valence-corrected chi connectivity index (χ1v) is 2.99. The van der Waals surface area contributed by atoms with Crippen LogP contribution in [0.4, 0.5) is 0 Å². The quantitative estimate of drug-likeness (QED) is 0.355. The fraction of sp³-hybridized carbons (Fsp3) is 0.750. The van der Waals surface area contributed by atoms with Crippen LogP contribution in [-0.4, -0.2) is 17.4 Å². The third kappa shape index (κ3) is 6.40. The third-order valence-corrected chi connectivity index (χ3v) is 0.691. The smallest absolute Gasteiger partial charge is 0.0976 e. The largest absolute Gasteiger partial charge is 0.363 e. The van der Waals surface area contributed by atoms with Crippen molar-refractivity contribution in [1.29, 1.82) is 0 Å². The van der Waals surface area contributed by atoms with Crippen molar-refractivity contribution < 1.29 is 4.74 Å². The molecule has 7 heavy (non-hydrogen) atoms. The summed E-state index contributed by atoms with van der Waals surface area (Å²) in [6.45, 7) is 2.36. The minimum absolute atomic E-state index is 0.000741. The predicted molar refractivity (Wildman–Crippen MR) is 38.1 cm³/mol. The van der Waals surface area contributed by atoms with Gasteiger partial charge in [0.05, 0.1) is 12.0 Å². The molecule has 0 aromatic heterocycles. The van der Waals surface area contributed by atoms with E-state index in [1.54, 1.807) is 0 Å². The normalized spacial score (nSPS) is 13.4. The summed E-state index contributed by atoms with van der Waals surface area (Å²) in [5.41, 5.74) is -0.000741. The third-order valence-electron chi connectivity index (χ3n) is 0.405. The van der Waals surface area contributed by atoms with Gasteiger partial charge in [0, 0.05) is 5.37 Å². The molecule has 1 unspecified atom stereocenters. The van der Waals surface area contributed by atoms with Gasteiger partial charge in [-0.25, -0.2) is 0 Å². The van der Waals surface area contributed by atoms with E-state index < -0.39 is 0 Å². The van der Waals surface area contributed by atoms with Crippen molar-refractivity contribution >= 4 is 30.2 Å². The Morgan fingerprint density at radius 3 is 2.71 bits per heavy atom. The van der Waals surface area contributed by atoms with Crippen LogP contribution >= 0.6 is 24.8 Å². The molecule has 0 amide bonds. The van der Waals surface area contributed by atoms with Gasteiger partial charge in [0.1, 0.15) is 0 Å². The molecule has 0 fully saturated rings. The van der Waals surface area contributed by atoms with Crippen LogP contribution in [0.25, 0.3) is 0 Å². The summed E-state index contributed by atoms with van der Waals surface area (Å²) in [4.78, 5) is 0. The molecule has 1 atom stereocenters. The molecule has 0 saturated carbocycles. The Bertz CT molecular complexity index is 53.7. The van der Waals surface area contributed by atoms with Crippen LogP contribution in [0, 0.1) is 0 Å². The number of thiol groups is 1. The van der Waals surface area contributed by atoms with Crippen molar-refractivity contribution in [2.24, 2.45) is 0 Å². The van der Waals surface area contributed by atoms with Gasteiger partial charge in [0.2, 0.25) is 0 Å². The van der Waals surface area contributed by atoms with Crippen molar-refractivity contribution in [3.8, 4) is 0 Å². The molecule has 3 heteroatoms. The van der Waals surface area contributed by atoms with E-state index in [-0.39, 0.29) is 5.44 Å². The van der Waals surface area contributed by atoms with Crippen LogP contribution < -0.4 is 0 Å². The topological polar surface area (TPSA) is 9.23 Å². The number of rotatable bonds is 3. The zero-order valence-corrected chi connectivity index (χ0v) is 5.84. The Kier molecular flexibility index (Phi) is 4.82. The minimum atomic E-state index is -0.000741. The summed E-state index contributed by atoms with van der Waals surface area (Å²) in [7, 11) is 0. The molecule has 0 aromatic rings. The van der Waals surface area contributed by atoms with Gasteiger partial charge in [-0.15, -0.1) is 12.6 Å². The molecule has 0 aliphatic rings. The maximum Gasteiger partial charge on any atom is 0.0976 e. The molecule has 0 aliphatic heterocycles. The van der Waals surface area contributed by atoms with Crippen LogP contribution in [0.1, 0.15) is 6.92 Å². The second-order valence-corrected chi connectivity index (χ2v) is 2.16. The summed E-state index contributed by atoms with van der Waals surface area (Å²) in [5, 5.41) is 1.53. The average molecular weight is 136 g/mol. The van der Waals surface area contributed by atoms with Crippen LogP contribution in [0.15, 0.2) is 0 Å². The lowest BCUT2D eigenvalue weighted by Gasteiger charge is -1.99. The number of hydrogen-bond donors (Lipinski definition) is 1. The van der Waals surface area contributed by atoms with Gasteiger partial charge in [0.25, 0.3) is 0 Å². The van der Waals surface area contributed by atoms with E-state index in [0.29, 0.717) is 6.61 Å². The molecule has 0 spiro atoms. The Morgan fingerprint density at radius 2 is 2.57 bits per heavy atom. The lowest BCUT2D eigenvalue weighted by atomic mass is 10.8. The SMILES string of the molecule is CC(S)OCC=S. The zero-order valence-electron chi connectivity index (χ0n) is 4.13. The van der Waals surface area contributed by atoms with E-state index in [9.17, 15) is 0 Å². The monoisotopic (exact) mass is 136 g/mol. The van der Waals surface area contributed by atoms with E-state index in [0.717, 1.165) is 0 Å². The molecular formula is C4H8OS2. The van der Waals surface area contributed by atoms with E-state index in [1.165, 1.54) is 5.37 Å². The molecule has 0 aliphatic carbocycles. The van der Waals surface area contributed by atoms with Gasteiger partial charge in [0.15, 0.2) is 0 Å². The summed E-state index contributed by atoms with van der Waals surface area (Å²) < 4.78 is 4.90. The molecule has 0 bridgehead atoms. The highest BCUT2D eigenvalue weighted by Crippen LogP contribution is 1.91. The van der Waals surface area contributed by atoms with Crippen LogP contribution in [0.2, 0.25) is 0 Å². The highest BCUT2D eigenvalue weighted by molar-refractivity contribution is 7.80. The molecular weight excluding hydrogens is 128 g/mol. The van der Waals surface area contributed by atoms with Gasteiger partial charge in [-0.3, -0.25) is 0 Å². The Balaban J connectivity index is 2.81. The molecule has 0 saturated heterocycles. The van der Waals surface area contributed by atoms with Crippen molar-refractivity contribution in [2.45, 2.75) is 12.4 Å². The Morgan fingerprint density at radius 1 is 2.00 bits per heavy atom. The van der Waals surface area contributed by atoms with Gasteiger partial charge in [-0.2, -0.15) is 0 Å². The first kappa shape index (κ1) is 7.40. The molecule has 0 rings (SSSR count). The number of ether oxygens (including phenoxy) is 1.